The molecule has 0 saturated carbocycles. The summed E-state index contributed by atoms with van der Waals surface area (Å²) in [5.41, 5.74) is 1.23. The van der Waals surface area contributed by atoms with Gasteiger partial charge in [0.15, 0.2) is 0 Å². The minimum atomic E-state index is -0.145. The SMILES string of the molecule is Fc1ccc(CCN2CCN(CC3CCCN3)CC2)cc1. The maximum Gasteiger partial charge on any atom is 0.123 e. The molecule has 1 aromatic rings. The molecule has 2 aliphatic heterocycles. The fraction of sp³-hybridized carbons (Fsp3) is 0.647. The zero-order chi connectivity index (χ0) is 14.5. The Bertz CT molecular complexity index is 420. The Morgan fingerprint density at radius 2 is 1.76 bits per heavy atom. The largest absolute Gasteiger partial charge is 0.313 e. The second-order valence-electron chi connectivity index (χ2n) is 6.31. The van der Waals surface area contributed by atoms with Crippen LogP contribution in [-0.2, 0) is 6.42 Å². The van der Waals surface area contributed by atoms with Crippen LogP contribution in [0.1, 0.15) is 18.4 Å². The van der Waals surface area contributed by atoms with Gasteiger partial charge in [0.1, 0.15) is 5.82 Å². The first-order valence-electron chi connectivity index (χ1n) is 8.22. The quantitative estimate of drug-likeness (QED) is 0.891. The molecule has 1 atom stereocenters. The molecule has 1 aromatic carbocycles. The summed E-state index contributed by atoms with van der Waals surface area (Å²) in [6.45, 7) is 8.18. The van der Waals surface area contributed by atoms with Crippen molar-refractivity contribution >= 4 is 0 Å². The Kier molecular flexibility index (Phi) is 5.22. The summed E-state index contributed by atoms with van der Waals surface area (Å²) < 4.78 is 12.9. The summed E-state index contributed by atoms with van der Waals surface area (Å²) in [7, 11) is 0. The van der Waals surface area contributed by atoms with E-state index in [9.17, 15) is 4.39 Å². The van der Waals surface area contributed by atoms with Crippen molar-refractivity contribution in [2.45, 2.75) is 25.3 Å². The van der Waals surface area contributed by atoms with Gasteiger partial charge < -0.3 is 10.2 Å². The van der Waals surface area contributed by atoms with Gasteiger partial charge in [0.05, 0.1) is 0 Å². The van der Waals surface area contributed by atoms with Gasteiger partial charge in [-0.15, -0.1) is 0 Å². The van der Waals surface area contributed by atoms with Gasteiger partial charge in [-0.2, -0.15) is 0 Å². The van der Waals surface area contributed by atoms with Crippen LogP contribution in [0, 0.1) is 5.82 Å². The Morgan fingerprint density at radius 1 is 1.05 bits per heavy atom. The number of halogens is 1. The molecule has 3 nitrogen and oxygen atoms in total. The van der Waals surface area contributed by atoms with Crippen LogP contribution in [0.2, 0.25) is 0 Å². The lowest BCUT2D eigenvalue weighted by molar-refractivity contribution is 0.126. The summed E-state index contributed by atoms with van der Waals surface area (Å²) in [6, 6.07) is 7.63. The number of hydrogen-bond donors (Lipinski definition) is 1. The molecule has 2 aliphatic rings. The fourth-order valence-corrected chi connectivity index (χ4v) is 3.36. The van der Waals surface area contributed by atoms with Crippen molar-refractivity contribution < 1.29 is 4.39 Å². The molecule has 2 saturated heterocycles. The van der Waals surface area contributed by atoms with Gasteiger partial charge in [-0.1, -0.05) is 12.1 Å². The summed E-state index contributed by atoms with van der Waals surface area (Å²) in [6.07, 6.45) is 3.69. The molecule has 0 radical (unpaired) electrons. The van der Waals surface area contributed by atoms with Crippen molar-refractivity contribution in [3.05, 3.63) is 35.6 Å². The molecular formula is C17H26FN3. The standard InChI is InChI=1S/C17H26FN3/c18-16-5-3-15(4-6-16)7-9-20-10-12-21(13-11-20)14-17-2-1-8-19-17/h3-6,17,19H,1-2,7-14H2. The van der Waals surface area contributed by atoms with E-state index in [4.69, 9.17) is 0 Å². The Balaban J connectivity index is 1.36. The maximum absolute atomic E-state index is 12.9. The van der Waals surface area contributed by atoms with Crippen molar-refractivity contribution in [1.82, 2.24) is 15.1 Å². The van der Waals surface area contributed by atoms with Crippen molar-refractivity contribution in [2.75, 3.05) is 45.8 Å². The third kappa shape index (κ3) is 4.50. The van der Waals surface area contributed by atoms with Crippen LogP contribution in [0.4, 0.5) is 4.39 Å². The van der Waals surface area contributed by atoms with Crippen LogP contribution in [0.5, 0.6) is 0 Å². The van der Waals surface area contributed by atoms with Crippen LogP contribution >= 0.6 is 0 Å². The lowest BCUT2D eigenvalue weighted by Gasteiger charge is -2.36. The molecule has 0 aliphatic carbocycles. The Hall–Kier alpha value is -0.970. The monoisotopic (exact) mass is 291 g/mol. The molecule has 3 rings (SSSR count). The molecule has 1 N–H and O–H groups in total. The van der Waals surface area contributed by atoms with Crippen LogP contribution in [-0.4, -0.2) is 61.7 Å². The van der Waals surface area contributed by atoms with Gasteiger partial charge in [0, 0.05) is 45.3 Å². The minimum Gasteiger partial charge on any atom is -0.313 e. The normalized spacial score (nSPS) is 24.5. The molecule has 1 unspecified atom stereocenters. The zero-order valence-corrected chi connectivity index (χ0v) is 12.7. The van der Waals surface area contributed by atoms with Gasteiger partial charge in [0.2, 0.25) is 0 Å². The van der Waals surface area contributed by atoms with E-state index in [0.717, 1.165) is 32.1 Å². The van der Waals surface area contributed by atoms with Crippen molar-refractivity contribution in [1.29, 1.82) is 0 Å². The molecule has 0 amide bonds. The van der Waals surface area contributed by atoms with Gasteiger partial charge in [-0.3, -0.25) is 4.90 Å². The number of nitrogens with one attached hydrogen (secondary N) is 1. The zero-order valence-electron chi connectivity index (χ0n) is 12.7. The Labute approximate surface area is 127 Å². The number of benzene rings is 1. The van der Waals surface area contributed by atoms with Crippen molar-refractivity contribution in [2.24, 2.45) is 0 Å². The third-order valence-corrected chi connectivity index (χ3v) is 4.74. The number of hydrogen-bond acceptors (Lipinski definition) is 3. The number of nitrogens with zero attached hydrogens (tertiary/aromatic N) is 2. The molecule has 0 bridgehead atoms. The number of rotatable bonds is 5. The summed E-state index contributed by atoms with van der Waals surface area (Å²) >= 11 is 0. The predicted molar refractivity (Wildman–Crippen MR) is 84.0 cm³/mol. The van der Waals surface area contributed by atoms with E-state index < -0.39 is 0 Å². The van der Waals surface area contributed by atoms with Gasteiger partial charge in [-0.25, -0.2) is 4.39 Å². The van der Waals surface area contributed by atoms with Crippen LogP contribution in [0.25, 0.3) is 0 Å². The van der Waals surface area contributed by atoms with Gasteiger partial charge in [-0.05, 0) is 43.5 Å². The first-order valence-corrected chi connectivity index (χ1v) is 8.22. The summed E-state index contributed by atoms with van der Waals surface area (Å²) in [5.74, 6) is -0.145. The highest BCUT2D eigenvalue weighted by Crippen LogP contribution is 2.10. The van der Waals surface area contributed by atoms with Gasteiger partial charge >= 0.3 is 0 Å². The first-order chi connectivity index (χ1) is 10.3. The minimum absolute atomic E-state index is 0.145. The molecule has 21 heavy (non-hydrogen) atoms. The summed E-state index contributed by atoms with van der Waals surface area (Å²) in [4.78, 5) is 5.12. The molecule has 116 valence electrons. The molecule has 2 heterocycles. The molecular weight excluding hydrogens is 265 g/mol. The molecule has 0 aromatic heterocycles. The smallest absolute Gasteiger partial charge is 0.123 e. The van der Waals surface area contributed by atoms with E-state index in [2.05, 4.69) is 15.1 Å². The van der Waals surface area contributed by atoms with Gasteiger partial charge in [0.25, 0.3) is 0 Å². The van der Waals surface area contributed by atoms with E-state index in [0.29, 0.717) is 0 Å². The lowest BCUT2D eigenvalue weighted by Crippen LogP contribution is -2.50. The molecule has 0 spiro atoms. The van der Waals surface area contributed by atoms with E-state index >= 15 is 0 Å². The van der Waals surface area contributed by atoms with E-state index in [1.807, 2.05) is 12.1 Å². The van der Waals surface area contributed by atoms with E-state index in [-0.39, 0.29) is 5.82 Å². The fourth-order valence-electron chi connectivity index (χ4n) is 3.36. The second-order valence-corrected chi connectivity index (χ2v) is 6.31. The Morgan fingerprint density at radius 3 is 2.43 bits per heavy atom. The molecule has 2 fully saturated rings. The average molecular weight is 291 g/mol. The van der Waals surface area contributed by atoms with Crippen LogP contribution in [0.15, 0.2) is 24.3 Å². The predicted octanol–water partition coefficient (Wildman–Crippen LogP) is 1.74. The second kappa shape index (κ2) is 7.34. The topological polar surface area (TPSA) is 18.5 Å². The molecule has 4 heteroatoms. The summed E-state index contributed by atoms with van der Waals surface area (Å²) in [5, 5.41) is 3.58. The highest BCUT2D eigenvalue weighted by Gasteiger charge is 2.21. The van der Waals surface area contributed by atoms with Crippen molar-refractivity contribution in [3.8, 4) is 0 Å². The maximum atomic E-state index is 12.9. The number of piperazine rings is 1. The highest BCUT2D eigenvalue weighted by atomic mass is 19.1. The average Bonchev–Trinajstić information content (AvgIpc) is 3.01. The van der Waals surface area contributed by atoms with Crippen LogP contribution < -0.4 is 5.32 Å². The van der Waals surface area contributed by atoms with Crippen molar-refractivity contribution in [3.63, 3.8) is 0 Å². The lowest BCUT2D eigenvalue weighted by atomic mass is 10.1. The first kappa shape index (κ1) is 14.9. The van der Waals surface area contributed by atoms with E-state index in [1.165, 1.54) is 44.6 Å². The highest BCUT2D eigenvalue weighted by molar-refractivity contribution is 5.16. The third-order valence-electron chi connectivity index (χ3n) is 4.74. The van der Waals surface area contributed by atoms with E-state index in [1.54, 1.807) is 12.1 Å². The van der Waals surface area contributed by atoms with Crippen LogP contribution in [0.3, 0.4) is 0 Å².